The smallest absolute Gasteiger partial charge is 0.416 e. The van der Waals surface area contributed by atoms with E-state index < -0.39 is 17.7 Å². The summed E-state index contributed by atoms with van der Waals surface area (Å²) in [5.41, 5.74) is -1.22. The molecule has 0 saturated carbocycles. The van der Waals surface area contributed by atoms with Gasteiger partial charge in [0.2, 0.25) is 0 Å². The second kappa shape index (κ2) is 3.61. The minimum Gasteiger partial charge on any atom is -0.545 e. The van der Waals surface area contributed by atoms with Crippen LogP contribution in [0.15, 0.2) is 22.7 Å². The molecule has 0 aliphatic rings. The topological polar surface area (TPSA) is 40.1 Å². The van der Waals surface area contributed by atoms with Crippen molar-refractivity contribution in [2.24, 2.45) is 0 Å². The number of carbonyl (C=O) groups is 1. The van der Waals surface area contributed by atoms with Crippen molar-refractivity contribution in [2.75, 3.05) is 0 Å². The number of halogens is 4. The Morgan fingerprint density at radius 1 is 1.36 bits per heavy atom. The van der Waals surface area contributed by atoms with Crippen LogP contribution < -0.4 is 5.11 Å². The lowest BCUT2D eigenvalue weighted by molar-refractivity contribution is -0.255. The van der Waals surface area contributed by atoms with Crippen molar-refractivity contribution >= 4 is 21.9 Å². The van der Waals surface area contributed by atoms with Crippen molar-refractivity contribution in [3.05, 3.63) is 33.8 Å². The van der Waals surface area contributed by atoms with Crippen LogP contribution in [0.4, 0.5) is 13.2 Å². The van der Waals surface area contributed by atoms with Gasteiger partial charge >= 0.3 is 6.18 Å². The molecule has 14 heavy (non-hydrogen) atoms. The normalized spacial score (nSPS) is 11.4. The van der Waals surface area contributed by atoms with Crippen LogP contribution in [0, 0.1) is 0 Å². The Balaban J connectivity index is 3.20. The fourth-order valence-electron chi connectivity index (χ4n) is 0.857. The summed E-state index contributed by atoms with van der Waals surface area (Å²) in [5, 5.41) is 10.4. The van der Waals surface area contributed by atoms with Gasteiger partial charge in [-0.25, -0.2) is 0 Å². The van der Waals surface area contributed by atoms with Crippen LogP contribution in [-0.4, -0.2) is 5.97 Å². The van der Waals surface area contributed by atoms with Crippen LogP contribution in [0.2, 0.25) is 0 Å². The third-order valence-corrected chi connectivity index (χ3v) is 2.17. The molecule has 0 fully saturated rings. The summed E-state index contributed by atoms with van der Waals surface area (Å²) in [7, 11) is 0. The van der Waals surface area contributed by atoms with E-state index >= 15 is 0 Å². The van der Waals surface area contributed by atoms with E-state index in [0.29, 0.717) is 12.1 Å². The van der Waals surface area contributed by atoms with Gasteiger partial charge in [0.25, 0.3) is 0 Å². The van der Waals surface area contributed by atoms with Gasteiger partial charge in [0.15, 0.2) is 0 Å². The molecule has 1 aromatic carbocycles. The first-order valence-corrected chi connectivity index (χ1v) is 4.20. The first-order chi connectivity index (χ1) is 6.32. The Labute approximate surface area is 85.5 Å². The van der Waals surface area contributed by atoms with Gasteiger partial charge in [0.05, 0.1) is 11.5 Å². The molecule has 0 bridgehead atoms. The molecule has 0 aliphatic heterocycles. The van der Waals surface area contributed by atoms with Crippen LogP contribution in [0.1, 0.15) is 15.9 Å². The summed E-state index contributed by atoms with van der Waals surface area (Å²) in [6.07, 6.45) is -4.48. The van der Waals surface area contributed by atoms with Gasteiger partial charge in [-0.1, -0.05) is 22.0 Å². The molecule has 6 heteroatoms. The molecule has 1 aromatic rings. The minimum absolute atomic E-state index is 0.146. The van der Waals surface area contributed by atoms with E-state index in [1.807, 2.05) is 0 Å². The SMILES string of the molecule is O=C([O-])c1ccc(C(F)(F)F)cc1Br. The van der Waals surface area contributed by atoms with Crippen molar-refractivity contribution in [3.8, 4) is 0 Å². The highest BCUT2D eigenvalue weighted by Crippen LogP contribution is 2.31. The Morgan fingerprint density at radius 2 is 1.93 bits per heavy atom. The van der Waals surface area contributed by atoms with E-state index in [-0.39, 0.29) is 10.0 Å². The molecule has 0 N–H and O–H groups in total. The molecule has 0 saturated heterocycles. The van der Waals surface area contributed by atoms with Crippen molar-refractivity contribution in [1.29, 1.82) is 0 Å². The number of carboxylic acids is 1. The van der Waals surface area contributed by atoms with Gasteiger partial charge in [-0.05, 0) is 12.1 Å². The van der Waals surface area contributed by atoms with Gasteiger partial charge < -0.3 is 9.90 Å². The molecule has 0 amide bonds. The Hall–Kier alpha value is -1.04. The number of hydrogen-bond donors (Lipinski definition) is 0. The zero-order valence-electron chi connectivity index (χ0n) is 6.56. The number of aromatic carboxylic acids is 1. The van der Waals surface area contributed by atoms with Gasteiger partial charge in [-0.15, -0.1) is 0 Å². The highest BCUT2D eigenvalue weighted by atomic mass is 79.9. The average Bonchev–Trinajstić information content (AvgIpc) is 2.01. The summed E-state index contributed by atoms with van der Waals surface area (Å²) in [6, 6.07) is 2.24. The molecular weight excluding hydrogens is 265 g/mol. The first-order valence-electron chi connectivity index (χ1n) is 3.40. The van der Waals surface area contributed by atoms with Crippen molar-refractivity contribution in [1.82, 2.24) is 0 Å². The number of carbonyl (C=O) groups excluding carboxylic acids is 1. The quantitative estimate of drug-likeness (QED) is 0.779. The largest absolute Gasteiger partial charge is 0.545 e. The lowest BCUT2D eigenvalue weighted by Gasteiger charge is -2.10. The number of carboxylic acid groups (broad SMARTS) is 1. The summed E-state index contributed by atoms with van der Waals surface area (Å²) < 4.78 is 36.2. The van der Waals surface area contributed by atoms with E-state index in [1.165, 1.54) is 0 Å². The monoisotopic (exact) mass is 267 g/mol. The van der Waals surface area contributed by atoms with Gasteiger partial charge in [-0.3, -0.25) is 0 Å². The fraction of sp³-hybridized carbons (Fsp3) is 0.125. The molecular formula is C8H3BrF3O2-. The van der Waals surface area contributed by atoms with Crippen molar-refractivity contribution < 1.29 is 23.1 Å². The van der Waals surface area contributed by atoms with E-state index in [4.69, 9.17) is 0 Å². The Kier molecular flexibility index (Phi) is 2.84. The summed E-state index contributed by atoms with van der Waals surface area (Å²) in [5.74, 6) is -1.52. The highest BCUT2D eigenvalue weighted by Gasteiger charge is 2.30. The first kappa shape index (κ1) is 11.0. The zero-order valence-corrected chi connectivity index (χ0v) is 8.15. The van der Waals surface area contributed by atoms with E-state index in [1.54, 1.807) is 0 Å². The second-order valence-electron chi connectivity index (χ2n) is 2.48. The number of hydrogen-bond acceptors (Lipinski definition) is 2. The fourth-order valence-corrected chi connectivity index (χ4v) is 1.40. The maximum absolute atomic E-state index is 12.1. The summed E-state index contributed by atoms with van der Waals surface area (Å²) in [4.78, 5) is 10.4. The van der Waals surface area contributed by atoms with Crippen LogP contribution in [-0.2, 0) is 6.18 Å². The predicted molar refractivity (Wildman–Crippen MR) is 43.5 cm³/mol. The van der Waals surface area contributed by atoms with E-state index in [0.717, 1.165) is 6.07 Å². The third kappa shape index (κ3) is 2.25. The minimum atomic E-state index is -4.48. The van der Waals surface area contributed by atoms with E-state index in [9.17, 15) is 23.1 Å². The van der Waals surface area contributed by atoms with Crippen molar-refractivity contribution in [2.45, 2.75) is 6.18 Å². The average molecular weight is 268 g/mol. The summed E-state index contributed by atoms with van der Waals surface area (Å²) >= 11 is 2.72. The molecule has 0 heterocycles. The van der Waals surface area contributed by atoms with E-state index in [2.05, 4.69) is 15.9 Å². The molecule has 0 unspecified atom stereocenters. The van der Waals surface area contributed by atoms with Crippen LogP contribution in [0.5, 0.6) is 0 Å². The molecule has 0 radical (unpaired) electrons. The lowest BCUT2D eigenvalue weighted by atomic mass is 10.1. The molecule has 0 aromatic heterocycles. The number of alkyl halides is 3. The molecule has 76 valence electrons. The van der Waals surface area contributed by atoms with Crippen LogP contribution >= 0.6 is 15.9 Å². The van der Waals surface area contributed by atoms with Crippen LogP contribution in [0.25, 0.3) is 0 Å². The van der Waals surface area contributed by atoms with Gasteiger partial charge in [0, 0.05) is 10.0 Å². The molecule has 0 spiro atoms. The standard InChI is InChI=1S/C8H4BrF3O2/c9-6-3-4(8(10,11)12)1-2-5(6)7(13)14/h1-3H,(H,13,14)/p-1. The number of benzene rings is 1. The second-order valence-corrected chi connectivity index (χ2v) is 3.33. The Morgan fingerprint density at radius 3 is 2.29 bits per heavy atom. The zero-order chi connectivity index (χ0) is 10.9. The molecule has 0 aliphatic carbocycles. The maximum atomic E-state index is 12.1. The number of rotatable bonds is 1. The highest BCUT2D eigenvalue weighted by molar-refractivity contribution is 9.10. The van der Waals surface area contributed by atoms with Crippen LogP contribution in [0.3, 0.4) is 0 Å². The summed E-state index contributed by atoms with van der Waals surface area (Å²) in [6.45, 7) is 0. The van der Waals surface area contributed by atoms with Crippen molar-refractivity contribution in [3.63, 3.8) is 0 Å². The Bertz CT molecular complexity index is 373. The maximum Gasteiger partial charge on any atom is 0.416 e. The van der Waals surface area contributed by atoms with Gasteiger partial charge in [0.1, 0.15) is 0 Å². The third-order valence-electron chi connectivity index (χ3n) is 1.52. The molecule has 0 atom stereocenters. The lowest BCUT2D eigenvalue weighted by Crippen LogP contribution is -2.23. The molecule has 1 rings (SSSR count). The van der Waals surface area contributed by atoms with Gasteiger partial charge in [-0.2, -0.15) is 13.2 Å². The predicted octanol–water partition coefficient (Wildman–Crippen LogP) is 1.83. The molecule has 2 nitrogen and oxygen atoms in total.